The van der Waals surface area contributed by atoms with Crippen LogP contribution in [-0.2, 0) is 9.36 Å². The SMILES string of the molecule is CCCCCCCCCCCCN(C)C.O=C(O)CNCP(=O)(O)O. The standard InChI is InChI=1S/C14H31N.C3H8NO5P/c1-4-5-6-7-8-9-10-11-12-13-14-15(2)3;5-3(6)1-4-2-10(7,8)9/h4-14H2,1-3H3;4H,1-2H2,(H,5,6)(H2,7,8,9). The Morgan fingerprint density at radius 1 is 0.920 bits per heavy atom. The predicted octanol–water partition coefficient (Wildman–Crippen LogP) is 3.26. The highest BCUT2D eigenvalue weighted by Crippen LogP contribution is 2.31. The molecule has 0 aromatic heterocycles. The van der Waals surface area contributed by atoms with Crippen molar-refractivity contribution < 1.29 is 24.3 Å². The lowest BCUT2D eigenvalue weighted by Crippen LogP contribution is -2.23. The normalized spacial score (nSPS) is 11.3. The van der Waals surface area contributed by atoms with Gasteiger partial charge in [-0.1, -0.05) is 64.7 Å². The molecule has 0 fully saturated rings. The summed E-state index contributed by atoms with van der Waals surface area (Å²) in [5.74, 6) is -1.14. The lowest BCUT2D eigenvalue weighted by molar-refractivity contribution is -0.135. The van der Waals surface area contributed by atoms with Gasteiger partial charge in [0.1, 0.15) is 0 Å². The summed E-state index contributed by atoms with van der Waals surface area (Å²) in [6, 6.07) is 0. The summed E-state index contributed by atoms with van der Waals surface area (Å²) in [5.41, 5.74) is 0. The molecular formula is C17H39N2O5P. The number of nitrogens with one attached hydrogen (secondary N) is 1. The molecule has 0 bridgehead atoms. The molecule has 7 nitrogen and oxygen atoms in total. The highest BCUT2D eigenvalue weighted by Gasteiger charge is 2.11. The third-order valence-electron chi connectivity index (χ3n) is 3.55. The van der Waals surface area contributed by atoms with Crippen LogP contribution in [-0.4, -0.2) is 59.2 Å². The van der Waals surface area contributed by atoms with Gasteiger partial charge in [-0.2, -0.15) is 0 Å². The van der Waals surface area contributed by atoms with Crippen molar-refractivity contribution in [3.63, 3.8) is 0 Å². The van der Waals surface area contributed by atoms with Gasteiger partial charge in [0.25, 0.3) is 0 Å². The van der Waals surface area contributed by atoms with Crippen molar-refractivity contribution in [2.45, 2.75) is 71.1 Å². The second kappa shape index (κ2) is 18.3. The fourth-order valence-electron chi connectivity index (χ4n) is 2.22. The number of hydrogen-bond acceptors (Lipinski definition) is 4. The van der Waals surface area contributed by atoms with Crippen molar-refractivity contribution in [2.75, 3.05) is 33.5 Å². The second-order valence-corrected chi connectivity index (χ2v) is 8.27. The number of nitrogens with zero attached hydrogens (tertiary/aromatic N) is 1. The maximum Gasteiger partial charge on any atom is 0.339 e. The van der Waals surface area contributed by atoms with E-state index in [4.69, 9.17) is 14.9 Å². The van der Waals surface area contributed by atoms with Gasteiger partial charge >= 0.3 is 13.6 Å². The summed E-state index contributed by atoms with van der Waals surface area (Å²) in [6.45, 7) is 3.10. The average Bonchev–Trinajstić information content (AvgIpc) is 2.48. The summed E-state index contributed by atoms with van der Waals surface area (Å²) in [5, 5.41) is 10.1. The van der Waals surface area contributed by atoms with Gasteiger partial charge in [-0.3, -0.25) is 14.7 Å². The van der Waals surface area contributed by atoms with Crippen molar-refractivity contribution in [1.29, 1.82) is 0 Å². The van der Waals surface area contributed by atoms with E-state index < -0.39 is 26.4 Å². The molecule has 0 aliphatic carbocycles. The number of carboxylic acids is 1. The van der Waals surface area contributed by atoms with Gasteiger partial charge in [0.15, 0.2) is 0 Å². The van der Waals surface area contributed by atoms with E-state index in [9.17, 15) is 9.36 Å². The van der Waals surface area contributed by atoms with Crippen molar-refractivity contribution in [3.8, 4) is 0 Å². The minimum atomic E-state index is -4.10. The van der Waals surface area contributed by atoms with Crippen molar-refractivity contribution in [2.24, 2.45) is 0 Å². The number of unbranched alkanes of at least 4 members (excludes halogenated alkanes) is 9. The Morgan fingerprint density at radius 2 is 1.36 bits per heavy atom. The summed E-state index contributed by atoms with van der Waals surface area (Å²) in [6.07, 6.45) is 13.8. The molecule has 0 rings (SSSR count). The van der Waals surface area contributed by atoms with Crippen LogP contribution in [0.3, 0.4) is 0 Å². The highest BCUT2D eigenvalue weighted by molar-refractivity contribution is 7.51. The van der Waals surface area contributed by atoms with Crippen LogP contribution in [0.1, 0.15) is 71.1 Å². The number of rotatable bonds is 15. The van der Waals surface area contributed by atoms with Crippen LogP contribution in [0.4, 0.5) is 0 Å². The van der Waals surface area contributed by atoms with Gasteiger partial charge < -0.3 is 19.8 Å². The molecule has 8 heteroatoms. The molecule has 0 aliphatic heterocycles. The lowest BCUT2D eigenvalue weighted by atomic mass is 10.1. The molecule has 0 saturated carbocycles. The molecule has 0 aliphatic rings. The van der Waals surface area contributed by atoms with Gasteiger partial charge in [-0.25, -0.2) is 0 Å². The van der Waals surface area contributed by atoms with Gasteiger partial charge in [-0.15, -0.1) is 0 Å². The zero-order valence-electron chi connectivity index (χ0n) is 16.2. The smallest absolute Gasteiger partial charge is 0.339 e. The molecule has 0 amide bonds. The summed E-state index contributed by atoms with van der Waals surface area (Å²) in [7, 11) is 0.225. The summed E-state index contributed by atoms with van der Waals surface area (Å²) >= 11 is 0. The highest BCUT2D eigenvalue weighted by atomic mass is 31.2. The van der Waals surface area contributed by atoms with E-state index in [2.05, 4.69) is 31.2 Å². The summed E-state index contributed by atoms with van der Waals surface area (Å²) < 4.78 is 10.1. The molecule has 0 unspecified atom stereocenters. The number of hydrogen-bond donors (Lipinski definition) is 4. The quantitative estimate of drug-likeness (QED) is 0.254. The lowest BCUT2D eigenvalue weighted by Gasteiger charge is -2.08. The van der Waals surface area contributed by atoms with Crippen LogP contribution in [0.15, 0.2) is 0 Å². The Balaban J connectivity index is 0. The van der Waals surface area contributed by atoms with Crippen LogP contribution in [0, 0.1) is 0 Å². The van der Waals surface area contributed by atoms with Gasteiger partial charge in [-0.05, 0) is 27.1 Å². The average molecular weight is 382 g/mol. The number of carbonyl (C=O) groups is 1. The third-order valence-corrected chi connectivity index (χ3v) is 4.19. The number of aliphatic carboxylic acids is 1. The first-order valence-electron chi connectivity index (χ1n) is 9.30. The van der Waals surface area contributed by atoms with Crippen LogP contribution in [0.5, 0.6) is 0 Å². The maximum absolute atomic E-state index is 10.1. The topological polar surface area (TPSA) is 110 Å². The molecule has 0 spiro atoms. The first-order chi connectivity index (χ1) is 11.7. The Labute approximate surface area is 153 Å². The minimum absolute atomic E-state index is 0.439. The largest absolute Gasteiger partial charge is 0.480 e. The minimum Gasteiger partial charge on any atom is -0.480 e. The molecule has 4 N–H and O–H groups in total. The Hall–Kier alpha value is -0.460. The second-order valence-electron chi connectivity index (χ2n) is 6.63. The Kier molecular flexibility index (Phi) is 19.6. The molecule has 0 aromatic rings. The molecular weight excluding hydrogens is 343 g/mol. The molecule has 0 radical (unpaired) electrons. The molecule has 0 saturated heterocycles. The fourth-order valence-corrected chi connectivity index (χ4v) is 2.63. The monoisotopic (exact) mass is 382 g/mol. The zero-order chi connectivity index (χ0) is 19.6. The molecule has 0 heterocycles. The molecule has 152 valence electrons. The van der Waals surface area contributed by atoms with Crippen LogP contribution >= 0.6 is 7.60 Å². The van der Waals surface area contributed by atoms with Crippen molar-refractivity contribution >= 4 is 13.6 Å². The first kappa shape index (κ1) is 26.8. The first-order valence-corrected chi connectivity index (χ1v) is 11.1. The van der Waals surface area contributed by atoms with Crippen LogP contribution < -0.4 is 5.32 Å². The van der Waals surface area contributed by atoms with Crippen LogP contribution in [0.25, 0.3) is 0 Å². The van der Waals surface area contributed by atoms with Gasteiger partial charge in [0, 0.05) is 0 Å². The van der Waals surface area contributed by atoms with E-state index in [1.54, 1.807) is 0 Å². The maximum atomic E-state index is 10.1. The fraction of sp³-hybridized carbons (Fsp3) is 0.941. The van der Waals surface area contributed by atoms with E-state index in [1.807, 2.05) is 0 Å². The van der Waals surface area contributed by atoms with E-state index in [0.717, 1.165) is 0 Å². The molecule has 25 heavy (non-hydrogen) atoms. The van der Waals surface area contributed by atoms with E-state index in [1.165, 1.54) is 70.8 Å². The van der Waals surface area contributed by atoms with Crippen molar-refractivity contribution in [3.05, 3.63) is 0 Å². The zero-order valence-corrected chi connectivity index (χ0v) is 17.1. The van der Waals surface area contributed by atoms with E-state index >= 15 is 0 Å². The van der Waals surface area contributed by atoms with E-state index in [0.29, 0.717) is 0 Å². The summed E-state index contributed by atoms with van der Waals surface area (Å²) in [4.78, 5) is 28.4. The molecule has 0 atom stereocenters. The molecule has 0 aromatic carbocycles. The van der Waals surface area contributed by atoms with Gasteiger partial charge in [0.05, 0.1) is 12.8 Å². The Morgan fingerprint density at radius 3 is 1.72 bits per heavy atom. The predicted molar refractivity (Wildman–Crippen MR) is 103 cm³/mol. The van der Waals surface area contributed by atoms with E-state index in [-0.39, 0.29) is 0 Å². The Bertz CT molecular complexity index is 348. The third kappa shape index (κ3) is 31.8. The van der Waals surface area contributed by atoms with Crippen molar-refractivity contribution in [1.82, 2.24) is 10.2 Å². The van der Waals surface area contributed by atoms with Crippen LogP contribution in [0.2, 0.25) is 0 Å². The number of carboxylic acid groups (broad SMARTS) is 1. The van der Waals surface area contributed by atoms with Gasteiger partial charge in [0.2, 0.25) is 0 Å².